The summed E-state index contributed by atoms with van der Waals surface area (Å²) in [6, 6.07) is 8.78. The highest BCUT2D eigenvalue weighted by molar-refractivity contribution is 5.78. The summed E-state index contributed by atoms with van der Waals surface area (Å²) in [6.07, 6.45) is 11.7. The maximum Gasteiger partial charge on any atom is 0.222 e. The van der Waals surface area contributed by atoms with E-state index in [-0.39, 0.29) is 0 Å². The van der Waals surface area contributed by atoms with E-state index >= 15 is 0 Å². The van der Waals surface area contributed by atoms with Crippen molar-refractivity contribution in [3.05, 3.63) is 35.4 Å². The normalized spacial score (nSPS) is 20.2. The molecule has 1 aromatic rings. The van der Waals surface area contributed by atoms with Crippen molar-refractivity contribution in [3.8, 4) is 0 Å². The zero-order chi connectivity index (χ0) is 16.6. The molecule has 2 aliphatic rings. The fourth-order valence-corrected chi connectivity index (χ4v) is 4.02. The third kappa shape index (κ3) is 5.34. The number of hydrogen-bond donors (Lipinski definition) is 1. The fraction of sp³-hybridized carbons (Fsp3) is 0.667. The van der Waals surface area contributed by atoms with E-state index in [1.54, 1.807) is 0 Å². The quantitative estimate of drug-likeness (QED) is 0.846. The van der Waals surface area contributed by atoms with E-state index in [0.717, 1.165) is 44.9 Å². The van der Waals surface area contributed by atoms with Gasteiger partial charge in [-0.25, -0.2) is 0 Å². The maximum absolute atomic E-state index is 11.7. The van der Waals surface area contributed by atoms with E-state index < -0.39 is 0 Å². The number of nitrogens with zero attached hydrogens (tertiary/aromatic N) is 1. The lowest BCUT2D eigenvalue weighted by Crippen LogP contribution is -2.24. The van der Waals surface area contributed by atoms with Crippen molar-refractivity contribution in [2.75, 3.05) is 13.1 Å². The zero-order valence-electron chi connectivity index (χ0n) is 14.9. The minimum absolute atomic E-state index is 0.306. The molecule has 1 aromatic carbocycles. The van der Waals surface area contributed by atoms with E-state index in [0.29, 0.717) is 5.91 Å². The van der Waals surface area contributed by atoms with Gasteiger partial charge >= 0.3 is 0 Å². The second kappa shape index (κ2) is 9.22. The van der Waals surface area contributed by atoms with Crippen LogP contribution in [-0.4, -0.2) is 23.9 Å². The molecule has 0 aromatic heterocycles. The van der Waals surface area contributed by atoms with E-state index in [9.17, 15) is 4.79 Å². The summed E-state index contributed by atoms with van der Waals surface area (Å²) in [4.78, 5) is 13.7. The Morgan fingerprint density at radius 3 is 2.25 bits per heavy atom. The van der Waals surface area contributed by atoms with Crippen molar-refractivity contribution in [1.82, 2.24) is 10.2 Å². The first-order chi connectivity index (χ1) is 11.8. The Kier molecular flexibility index (Phi) is 6.71. The molecule has 0 atom stereocenters. The molecule has 1 heterocycles. The number of carbonyl (C=O) groups is 1. The topological polar surface area (TPSA) is 32.3 Å². The van der Waals surface area contributed by atoms with E-state index in [1.165, 1.54) is 56.1 Å². The molecule has 1 saturated carbocycles. The first kappa shape index (κ1) is 17.5. The number of hydrogen-bond acceptors (Lipinski definition) is 2. The first-order valence-electron chi connectivity index (χ1n) is 9.87. The average molecular weight is 329 g/mol. The van der Waals surface area contributed by atoms with Gasteiger partial charge in [0.1, 0.15) is 0 Å². The van der Waals surface area contributed by atoms with Crippen LogP contribution in [0.3, 0.4) is 0 Å². The van der Waals surface area contributed by atoms with Gasteiger partial charge in [-0.1, -0.05) is 56.4 Å². The molecule has 0 bridgehead atoms. The van der Waals surface area contributed by atoms with E-state index in [1.807, 2.05) is 4.90 Å². The van der Waals surface area contributed by atoms with E-state index in [4.69, 9.17) is 0 Å². The van der Waals surface area contributed by atoms with Crippen LogP contribution in [0.4, 0.5) is 0 Å². The molecular weight excluding hydrogens is 296 g/mol. The van der Waals surface area contributed by atoms with Gasteiger partial charge in [0.05, 0.1) is 0 Å². The summed E-state index contributed by atoms with van der Waals surface area (Å²) >= 11 is 0. The predicted molar refractivity (Wildman–Crippen MR) is 98.6 cm³/mol. The Balaban J connectivity index is 1.40. The van der Waals surface area contributed by atoms with Crippen LogP contribution >= 0.6 is 0 Å². The van der Waals surface area contributed by atoms with Gasteiger partial charge in [-0.3, -0.25) is 4.79 Å². The number of carbonyl (C=O) groups excluding carboxylic acids is 1. The Bertz CT molecular complexity index is 503. The minimum atomic E-state index is 0.306. The molecule has 3 heteroatoms. The minimum Gasteiger partial charge on any atom is -0.338 e. The standard InChI is InChI=1S/C21H32N2O/c24-21-9-6-14-23(21)17-20-12-10-19(11-13-20)16-22-15-18-7-4-2-1-3-5-8-18/h10-13,18,22H,1-9,14-17H2. The lowest BCUT2D eigenvalue weighted by Gasteiger charge is -2.20. The van der Waals surface area contributed by atoms with Gasteiger partial charge in [0.2, 0.25) is 5.91 Å². The Hall–Kier alpha value is -1.35. The van der Waals surface area contributed by atoms with Crippen molar-refractivity contribution >= 4 is 5.91 Å². The number of benzene rings is 1. The van der Waals surface area contributed by atoms with Crippen LogP contribution in [0.2, 0.25) is 0 Å². The van der Waals surface area contributed by atoms with Gasteiger partial charge in [-0.15, -0.1) is 0 Å². The summed E-state index contributed by atoms with van der Waals surface area (Å²) in [5.41, 5.74) is 2.59. The second-order valence-electron chi connectivity index (χ2n) is 7.58. The Morgan fingerprint density at radius 1 is 0.917 bits per heavy atom. The molecule has 1 aliphatic heterocycles. The van der Waals surface area contributed by atoms with Crippen LogP contribution in [0, 0.1) is 5.92 Å². The highest BCUT2D eigenvalue weighted by Gasteiger charge is 2.19. The lowest BCUT2D eigenvalue weighted by atomic mass is 9.91. The van der Waals surface area contributed by atoms with Gasteiger partial charge in [0.25, 0.3) is 0 Å². The largest absolute Gasteiger partial charge is 0.338 e. The monoisotopic (exact) mass is 328 g/mol. The third-order valence-electron chi connectivity index (χ3n) is 5.55. The van der Waals surface area contributed by atoms with Crippen LogP contribution < -0.4 is 5.32 Å². The molecule has 132 valence electrons. The predicted octanol–water partition coefficient (Wildman–Crippen LogP) is 4.26. The molecule has 24 heavy (non-hydrogen) atoms. The van der Waals surface area contributed by atoms with Crippen LogP contribution in [-0.2, 0) is 17.9 Å². The van der Waals surface area contributed by atoms with Crippen molar-refractivity contribution in [3.63, 3.8) is 0 Å². The number of amides is 1. The molecular formula is C21H32N2O. The number of likely N-dealkylation sites (tertiary alicyclic amines) is 1. The molecule has 1 amide bonds. The highest BCUT2D eigenvalue weighted by Crippen LogP contribution is 2.21. The molecule has 0 spiro atoms. The summed E-state index contributed by atoms with van der Waals surface area (Å²) < 4.78 is 0. The molecule has 0 unspecified atom stereocenters. The van der Waals surface area contributed by atoms with Crippen molar-refractivity contribution in [2.24, 2.45) is 5.92 Å². The highest BCUT2D eigenvalue weighted by atomic mass is 16.2. The molecule has 1 aliphatic carbocycles. The van der Waals surface area contributed by atoms with Gasteiger partial charge in [-0.05, 0) is 42.9 Å². The molecule has 3 rings (SSSR count). The van der Waals surface area contributed by atoms with Gasteiger partial charge in [0.15, 0.2) is 0 Å². The SMILES string of the molecule is O=C1CCCN1Cc1ccc(CNCC2CCCCCCC2)cc1. The average Bonchev–Trinajstić information content (AvgIpc) is 2.96. The third-order valence-corrected chi connectivity index (χ3v) is 5.55. The number of nitrogens with one attached hydrogen (secondary N) is 1. The van der Waals surface area contributed by atoms with Crippen LogP contribution in [0.5, 0.6) is 0 Å². The fourth-order valence-electron chi connectivity index (χ4n) is 4.02. The molecule has 2 fully saturated rings. The summed E-state index contributed by atoms with van der Waals surface area (Å²) in [5.74, 6) is 1.17. The van der Waals surface area contributed by atoms with Crippen LogP contribution in [0.15, 0.2) is 24.3 Å². The number of rotatable bonds is 6. The second-order valence-corrected chi connectivity index (χ2v) is 7.58. The molecule has 1 saturated heterocycles. The Labute approximate surface area is 146 Å². The van der Waals surface area contributed by atoms with Crippen molar-refractivity contribution in [2.45, 2.75) is 70.9 Å². The van der Waals surface area contributed by atoms with Gasteiger partial charge in [-0.2, -0.15) is 0 Å². The van der Waals surface area contributed by atoms with Gasteiger partial charge in [0, 0.05) is 26.1 Å². The van der Waals surface area contributed by atoms with Crippen LogP contribution in [0.25, 0.3) is 0 Å². The van der Waals surface area contributed by atoms with Crippen LogP contribution in [0.1, 0.15) is 68.9 Å². The Morgan fingerprint density at radius 2 is 1.58 bits per heavy atom. The summed E-state index contributed by atoms with van der Waals surface area (Å²) in [7, 11) is 0. The van der Waals surface area contributed by atoms with Crippen molar-refractivity contribution in [1.29, 1.82) is 0 Å². The molecule has 0 radical (unpaired) electrons. The smallest absolute Gasteiger partial charge is 0.222 e. The first-order valence-corrected chi connectivity index (χ1v) is 9.87. The van der Waals surface area contributed by atoms with Crippen molar-refractivity contribution < 1.29 is 4.79 Å². The lowest BCUT2D eigenvalue weighted by molar-refractivity contribution is -0.128. The summed E-state index contributed by atoms with van der Waals surface area (Å²) in [6.45, 7) is 3.81. The summed E-state index contributed by atoms with van der Waals surface area (Å²) in [5, 5.41) is 3.65. The maximum atomic E-state index is 11.7. The zero-order valence-corrected chi connectivity index (χ0v) is 14.9. The van der Waals surface area contributed by atoms with Gasteiger partial charge < -0.3 is 10.2 Å². The molecule has 3 nitrogen and oxygen atoms in total. The molecule has 1 N–H and O–H groups in total. The van der Waals surface area contributed by atoms with E-state index in [2.05, 4.69) is 29.6 Å².